The number of aryl methyl sites for hydroxylation is 1. The lowest BCUT2D eigenvalue weighted by molar-refractivity contribution is 0.251. The number of fused-ring (bicyclic) bond motifs is 4. The van der Waals surface area contributed by atoms with Gasteiger partial charge in [-0.3, -0.25) is 4.90 Å². The number of piperazine rings is 1. The molecule has 3 aromatic heterocycles. The molecule has 2 saturated heterocycles. The Morgan fingerprint density at radius 3 is 2.81 bits per heavy atom. The molecule has 6 rings (SSSR count). The number of hydrogen-bond acceptors (Lipinski definition) is 6. The predicted octanol–water partition coefficient (Wildman–Crippen LogP) is 3.75. The van der Waals surface area contributed by atoms with Gasteiger partial charge in [-0.15, -0.1) is 0 Å². The molecule has 7 nitrogen and oxygen atoms in total. The fraction of sp³-hybridized carbons (Fsp3) is 0.348. The highest BCUT2D eigenvalue weighted by molar-refractivity contribution is 6.29. The first-order valence-electron chi connectivity index (χ1n) is 10.6. The van der Waals surface area contributed by atoms with Crippen LogP contribution < -0.4 is 10.5 Å². The Balaban J connectivity index is 1.38. The highest BCUT2D eigenvalue weighted by Gasteiger charge is 2.42. The lowest BCUT2D eigenvalue weighted by atomic mass is 10.1. The first-order valence-corrected chi connectivity index (χ1v) is 11.0. The SMILES string of the molecule is CCN1C[C@@H]2C[C@H]1CN2c1ccc2cc(-c3cn4cc(Cl)nc(C)c4n3)c(=O)oc2c1. The maximum absolute atomic E-state index is 12.8. The van der Waals surface area contributed by atoms with Crippen LogP contribution in [0.4, 0.5) is 5.69 Å². The van der Waals surface area contributed by atoms with Crippen LogP contribution in [0.15, 0.2) is 45.9 Å². The van der Waals surface area contributed by atoms with Crippen molar-refractivity contribution < 1.29 is 4.42 Å². The monoisotopic (exact) mass is 435 g/mol. The summed E-state index contributed by atoms with van der Waals surface area (Å²) in [5.41, 5.74) is 3.67. The standard InChI is InChI=1S/C23H22ClN5O2/c1-3-27-9-17-7-16(27)10-29(17)15-5-4-14-6-18(23(30)31-20(14)8-15)19-11-28-12-21(24)25-13(2)22(28)26-19/h4-6,8,11-12,16-17H,3,7,9-10H2,1-2H3/t16-,17-/m0/s1. The fourth-order valence-corrected chi connectivity index (χ4v) is 5.39. The molecule has 2 aliphatic rings. The van der Waals surface area contributed by atoms with Crippen molar-refractivity contribution >= 4 is 33.9 Å². The van der Waals surface area contributed by atoms with Crippen molar-refractivity contribution in [2.24, 2.45) is 0 Å². The molecule has 4 aromatic rings. The van der Waals surface area contributed by atoms with Crippen molar-refractivity contribution in [1.82, 2.24) is 19.3 Å². The Morgan fingerprint density at radius 1 is 1.16 bits per heavy atom. The van der Waals surface area contributed by atoms with Gasteiger partial charge in [0.15, 0.2) is 5.65 Å². The molecule has 0 N–H and O–H groups in total. The zero-order valence-electron chi connectivity index (χ0n) is 17.4. The van der Waals surface area contributed by atoms with Crippen LogP contribution >= 0.6 is 11.6 Å². The minimum absolute atomic E-state index is 0.379. The second-order valence-corrected chi connectivity index (χ2v) is 8.85. The maximum atomic E-state index is 12.8. The number of imidazole rings is 1. The van der Waals surface area contributed by atoms with E-state index < -0.39 is 5.63 Å². The Labute approximate surface area is 183 Å². The van der Waals surface area contributed by atoms with Crippen LogP contribution in [0.2, 0.25) is 5.15 Å². The zero-order valence-corrected chi connectivity index (χ0v) is 18.1. The Morgan fingerprint density at radius 2 is 2.03 bits per heavy atom. The smallest absolute Gasteiger partial charge is 0.345 e. The van der Waals surface area contributed by atoms with Crippen molar-refractivity contribution in [2.75, 3.05) is 24.5 Å². The van der Waals surface area contributed by atoms with Crippen LogP contribution in [-0.2, 0) is 0 Å². The molecule has 0 amide bonds. The number of benzene rings is 1. The molecule has 2 fully saturated rings. The van der Waals surface area contributed by atoms with E-state index in [0.717, 1.165) is 30.7 Å². The molecular formula is C23H22ClN5O2. The number of likely N-dealkylation sites (N-methyl/N-ethyl adjacent to an activating group) is 1. The molecule has 2 atom stereocenters. The second-order valence-electron chi connectivity index (χ2n) is 8.46. The van der Waals surface area contributed by atoms with E-state index in [1.54, 1.807) is 16.8 Å². The summed E-state index contributed by atoms with van der Waals surface area (Å²) in [6, 6.07) is 9.17. The molecular weight excluding hydrogens is 414 g/mol. The van der Waals surface area contributed by atoms with E-state index in [9.17, 15) is 4.79 Å². The van der Waals surface area contributed by atoms with Gasteiger partial charge in [0, 0.05) is 54.7 Å². The van der Waals surface area contributed by atoms with E-state index in [2.05, 4.69) is 32.8 Å². The quantitative estimate of drug-likeness (QED) is 0.456. The predicted molar refractivity (Wildman–Crippen MR) is 121 cm³/mol. The van der Waals surface area contributed by atoms with Crippen LogP contribution in [0.1, 0.15) is 19.0 Å². The van der Waals surface area contributed by atoms with Gasteiger partial charge >= 0.3 is 5.63 Å². The van der Waals surface area contributed by atoms with Gasteiger partial charge in [-0.1, -0.05) is 18.5 Å². The molecule has 0 unspecified atom stereocenters. The lowest BCUT2D eigenvalue weighted by Crippen LogP contribution is -2.46. The Kier molecular flexibility index (Phi) is 4.13. The third kappa shape index (κ3) is 2.95. The average molecular weight is 436 g/mol. The lowest BCUT2D eigenvalue weighted by Gasteiger charge is -2.35. The van der Waals surface area contributed by atoms with E-state index in [0.29, 0.717) is 45.4 Å². The van der Waals surface area contributed by atoms with Gasteiger partial charge in [0.2, 0.25) is 0 Å². The third-order valence-electron chi connectivity index (χ3n) is 6.66. The van der Waals surface area contributed by atoms with Crippen molar-refractivity contribution in [3.8, 4) is 11.3 Å². The summed E-state index contributed by atoms with van der Waals surface area (Å²) in [5.74, 6) is 0. The number of anilines is 1. The van der Waals surface area contributed by atoms with E-state index in [4.69, 9.17) is 16.0 Å². The van der Waals surface area contributed by atoms with Crippen molar-refractivity contribution in [3.05, 3.63) is 57.9 Å². The summed E-state index contributed by atoms with van der Waals surface area (Å²) in [7, 11) is 0. The van der Waals surface area contributed by atoms with Crippen molar-refractivity contribution in [1.29, 1.82) is 0 Å². The number of likely N-dealkylation sites (tertiary alicyclic amines) is 1. The summed E-state index contributed by atoms with van der Waals surface area (Å²) in [6.07, 6.45) is 4.67. The highest BCUT2D eigenvalue weighted by Crippen LogP contribution is 2.35. The van der Waals surface area contributed by atoms with Crippen molar-refractivity contribution in [3.63, 3.8) is 0 Å². The van der Waals surface area contributed by atoms with E-state index >= 15 is 0 Å². The molecule has 0 aliphatic carbocycles. The fourth-order valence-electron chi connectivity index (χ4n) is 5.15. The number of hydrogen-bond donors (Lipinski definition) is 0. The molecule has 2 bridgehead atoms. The first kappa shape index (κ1) is 18.8. The second kappa shape index (κ2) is 6.80. The average Bonchev–Trinajstić information content (AvgIpc) is 3.46. The minimum Gasteiger partial charge on any atom is -0.422 e. The van der Waals surface area contributed by atoms with Gasteiger partial charge in [-0.05, 0) is 38.1 Å². The van der Waals surface area contributed by atoms with Gasteiger partial charge in [-0.2, -0.15) is 0 Å². The molecule has 0 saturated carbocycles. The van der Waals surface area contributed by atoms with E-state index in [1.807, 2.05) is 25.1 Å². The van der Waals surface area contributed by atoms with Gasteiger partial charge in [0.25, 0.3) is 0 Å². The van der Waals surface area contributed by atoms with Gasteiger partial charge in [0.1, 0.15) is 10.7 Å². The molecule has 2 aliphatic heterocycles. The molecule has 0 spiro atoms. The molecule has 1 aromatic carbocycles. The van der Waals surface area contributed by atoms with Gasteiger partial charge in [-0.25, -0.2) is 14.8 Å². The molecule has 31 heavy (non-hydrogen) atoms. The Bertz CT molecular complexity index is 1390. The molecule has 8 heteroatoms. The zero-order chi connectivity index (χ0) is 21.3. The summed E-state index contributed by atoms with van der Waals surface area (Å²) < 4.78 is 7.52. The summed E-state index contributed by atoms with van der Waals surface area (Å²) in [5, 5.41) is 1.26. The number of halogens is 1. The summed E-state index contributed by atoms with van der Waals surface area (Å²) in [4.78, 5) is 26.6. The largest absolute Gasteiger partial charge is 0.422 e. The molecule has 0 radical (unpaired) electrons. The molecule has 158 valence electrons. The summed E-state index contributed by atoms with van der Waals surface area (Å²) >= 11 is 6.05. The molecule has 5 heterocycles. The topological polar surface area (TPSA) is 66.9 Å². The highest BCUT2D eigenvalue weighted by atomic mass is 35.5. The Hall–Kier alpha value is -2.90. The first-order chi connectivity index (χ1) is 15.0. The van der Waals surface area contributed by atoms with Crippen LogP contribution in [0.25, 0.3) is 27.9 Å². The maximum Gasteiger partial charge on any atom is 0.345 e. The van der Waals surface area contributed by atoms with Crippen LogP contribution in [0, 0.1) is 6.92 Å². The van der Waals surface area contributed by atoms with Crippen LogP contribution in [0.3, 0.4) is 0 Å². The third-order valence-corrected chi connectivity index (χ3v) is 6.85. The summed E-state index contributed by atoms with van der Waals surface area (Å²) in [6.45, 7) is 7.31. The normalized spacial score (nSPS) is 21.1. The van der Waals surface area contributed by atoms with Crippen LogP contribution in [-0.4, -0.2) is 51.0 Å². The van der Waals surface area contributed by atoms with E-state index in [1.165, 1.54) is 6.42 Å². The van der Waals surface area contributed by atoms with Crippen molar-refractivity contribution in [2.45, 2.75) is 32.4 Å². The number of aromatic nitrogens is 3. The number of rotatable bonds is 3. The van der Waals surface area contributed by atoms with Crippen LogP contribution in [0.5, 0.6) is 0 Å². The van der Waals surface area contributed by atoms with Gasteiger partial charge < -0.3 is 13.7 Å². The van der Waals surface area contributed by atoms with Gasteiger partial charge in [0.05, 0.1) is 17.0 Å². The van der Waals surface area contributed by atoms with E-state index in [-0.39, 0.29) is 0 Å². The number of nitrogens with zero attached hydrogens (tertiary/aromatic N) is 5. The minimum atomic E-state index is -0.398.